The summed E-state index contributed by atoms with van der Waals surface area (Å²) in [4.78, 5) is 0. The molecular formula is C15H26N3OS+. The normalized spacial score (nSPS) is 17.9. The SMILES string of the molecule is CCCCCCOc1nsnc1C1=CCC[N+](C)(C)C1. The third-order valence-corrected chi connectivity index (χ3v) is 4.23. The van der Waals surface area contributed by atoms with Gasteiger partial charge in [0.25, 0.3) is 5.88 Å². The molecule has 2 heterocycles. The zero-order valence-corrected chi connectivity index (χ0v) is 13.7. The van der Waals surface area contributed by atoms with Crippen LogP contribution in [0.5, 0.6) is 5.88 Å². The molecule has 0 amide bonds. The maximum absolute atomic E-state index is 5.83. The number of aromatic nitrogens is 2. The fourth-order valence-corrected chi connectivity index (χ4v) is 3.06. The molecule has 1 aliphatic heterocycles. The molecule has 0 saturated carbocycles. The Labute approximate surface area is 126 Å². The number of unbranched alkanes of at least 4 members (excludes halogenated alkanes) is 3. The van der Waals surface area contributed by atoms with Crippen molar-refractivity contribution in [1.82, 2.24) is 8.75 Å². The monoisotopic (exact) mass is 296 g/mol. The summed E-state index contributed by atoms with van der Waals surface area (Å²) in [6.07, 6.45) is 8.27. The first-order valence-electron chi connectivity index (χ1n) is 7.59. The lowest BCUT2D eigenvalue weighted by Crippen LogP contribution is -2.43. The molecule has 1 aromatic heterocycles. The number of nitrogens with zero attached hydrogens (tertiary/aromatic N) is 3. The number of quaternary nitrogens is 1. The Balaban J connectivity index is 1.93. The van der Waals surface area contributed by atoms with Gasteiger partial charge >= 0.3 is 0 Å². The van der Waals surface area contributed by atoms with E-state index in [1.165, 1.54) is 43.1 Å². The predicted molar refractivity (Wildman–Crippen MR) is 84.0 cm³/mol. The van der Waals surface area contributed by atoms with Gasteiger partial charge in [0.2, 0.25) is 0 Å². The van der Waals surface area contributed by atoms with Crippen molar-refractivity contribution in [3.05, 3.63) is 11.8 Å². The van der Waals surface area contributed by atoms with Crippen LogP contribution >= 0.6 is 11.7 Å². The van der Waals surface area contributed by atoms with Gasteiger partial charge in [0.1, 0.15) is 12.2 Å². The molecule has 0 N–H and O–H groups in total. The maximum Gasteiger partial charge on any atom is 0.253 e. The highest BCUT2D eigenvalue weighted by Crippen LogP contribution is 2.28. The first-order chi connectivity index (χ1) is 9.62. The van der Waals surface area contributed by atoms with Crippen molar-refractivity contribution in [1.29, 1.82) is 0 Å². The van der Waals surface area contributed by atoms with Crippen LogP contribution in [0.4, 0.5) is 0 Å². The molecule has 0 unspecified atom stereocenters. The van der Waals surface area contributed by atoms with Crippen LogP contribution in [-0.2, 0) is 0 Å². The Morgan fingerprint density at radius 1 is 1.25 bits per heavy atom. The van der Waals surface area contributed by atoms with Gasteiger partial charge < -0.3 is 9.22 Å². The van der Waals surface area contributed by atoms with Gasteiger partial charge in [0.05, 0.1) is 39.0 Å². The van der Waals surface area contributed by atoms with Crippen LogP contribution < -0.4 is 4.74 Å². The molecule has 0 spiro atoms. The molecule has 1 aliphatic rings. The second-order valence-corrected chi connectivity index (χ2v) is 6.69. The topological polar surface area (TPSA) is 35.0 Å². The second kappa shape index (κ2) is 7.18. The molecule has 2 rings (SSSR count). The van der Waals surface area contributed by atoms with Crippen molar-refractivity contribution in [3.8, 4) is 5.88 Å². The second-order valence-electron chi connectivity index (χ2n) is 6.16. The van der Waals surface area contributed by atoms with Crippen LogP contribution in [0.3, 0.4) is 0 Å². The van der Waals surface area contributed by atoms with E-state index in [4.69, 9.17) is 4.74 Å². The summed E-state index contributed by atoms with van der Waals surface area (Å²) in [5, 5.41) is 0. The number of ether oxygens (including phenoxy) is 1. The van der Waals surface area contributed by atoms with Gasteiger partial charge in [0.15, 0.2) is 0 Å². The Morgan fingerprint density at radius 2 is 2.10 bits per heavy atom. The first kappa shape index (κ1) is 15.4. The van der Waals surface area contributed by atoms with Crippen LogP contribution in [0, 0.1) is 0 Å². The van der Waals surface area contributed by atoms with Gasteiger partial charge in [-0.3, -0.25) is 0 Å². The van der Waals surface area contributed by atoms with Gasteiger partial charge in [0, 0.05) is 12.0 Å². The molecule has 0 bridgehead atoms. The van der Waals surface area contributed by atoms with Gasteiger partial charge in [-0.1, -0.05) is 32.3 Å². The van der Waals surface area contributed by atoms with Crippen molar-refractivity contribution in [2.24, 2.45) is 0 Å². The fourth-order valence-electron chi connectivity index (χ4n) is 2.53. The molecular weight excluding hydrogens is 270 g/mol. The van der Waals surface area contributed by atoms with Crippen molar-refractivity contribution in [2.45, 2.75) is 39.0 Å². The highest BCUT2D eigenvalue weighted by molar-refractivity contribution is 6.99. The lowest BCUT2D eigenvalue weighted by atomic mass is 10.1. The quantitative estimate of drug-likeness (QED) is 0.571. The van der Waals surface area contributed by atoms with Crippen LogP contribution in [0.15, 0.2) is 6.08 Å². The van der Waals surface area contributed by atoms with Gasteiger partial charge in [-0.25, -0.2) is 0 Å². The van der Waals surface area contributed by atoms with Gasteiger partial charge in [-0.15, -0.1) is 4.37 Å². The summed E-state index contributed by atoms with van der Waals surface area (Å²) in [5.74, 6) is 0.736. The molecule has 0 aromatic carbocycles. The molecule has 112 valence electrons. The lowest BCUT2D eigenvalue weighted by Gasteiger charge is -2.33. The fraction of sp³-hybridized carbons (Fsp3) is 0.733. The number of hydrogen-bond donors (Lipinski definition) is 0. The average Bonchev–Trinajstić information content (AvgIpc) is 2.86. The standard InChI is InChI=1S/C15H26N3OS/c1-4-5-6-7-11-19-15-14(16-20-17-15)13-9-8-10-18(2,3)12-13/h9H,4-8,10-12H2,1-3H3/q+1. The van der Waals surface area contributed by atoms with E-state index in [1.54, 1.807) is 0 Å². The number of rotatable bonds is 7. The Kier molecular flexibility index (Phi) is 5.54. The minimum atomic E-state index is 0.736. The molecule has 1 aromatic rings. The van der Waals surface area contributed by atoms with E-state index < -0.39 is 0 Å². The van der Waals surface area contributed by atoms with E-state index in [-0.39, 0.29) is 0 Å². The summed E-state index contributed by atoms with van der Waals surface area (Å²) >= 11 is 1.26. The highest BCUT2D eigenvalue weighted by atomic mass is 32.1. The van der Waals surface area contributed by atoms with Crippen molar-refractivity contribution < 1.29 is 9.22 Å². The minimum Gasteiger partial charge on any atom is -0.475 e. The van der Waals surface area contributed by atoms with Crippen LogP contribution in [0.25, 0.3) is 5.57 Å². The average molecular weight is 296 g/mol. The molecule has 0 radical (unpaired) electrons. The highest BCUT2D eigenvalue weighted by Gasteiger charge is 2.26. The third kappa shape index (κ3) is 4.28. The number of likely N-dealkylation sites (N-methyl/N-ethyl adjacent to an activating group) is 1. The Bertz CT molecular complexity index is 454. The summed E-state index contributed by atoms with van der Waals surface area (Å²) in [6, 6.07) is 0. The predicted octanol–water partition coefficient (Wildman–Crippen LogP) is 3.36. The third-order valence-electron chi connectivity index (χ3n) is 3.72. The van der Waals surface area contributed by atoms with E-state index >= 15 is 0 Å². The largest absolute Gasteiger partial charge is 0.475 e. The molecule has 0 fully saturated rings. The van der Waals surface area contributed by atoms with E-state index in [0.29, 0.717) is 0 Å². The van der Waals surface area contributed by atoms with Gasteiger partial charge in [-0.05, 0) is 6.42 Å². The van der Waals surface area contributed by atoms with Crippen LogP contribution in [-0.4, -0.2) is 47.0 Å². The van der Waals surface area contributed by atoms with E-state index in [0.717, 1.165) is 42.1 Å². The molecule has 0 atom stereocenters. The molecule has 5 heteroatoms. The van der Waals surface area contributed by atoms with Gasteiger partial charge in [-0.2, -0.15) is 4.37 Å². The molecule has 0 saturated heterocycles. The summed E-state index contributed by atoms with van der Waals surface area (Å²) in [5.41, 5.74) is 2.26. The zero-order valence-electron chi connectivity index (χ0n) is 12.9. The molecule has 0 aliphatic carbocycles. The lowest BCUT2D eigenvalue weighted by molar-refractivity contribution is -0.883. The van der Waals surface area contributed by atoms with Crippen LogP contribution in [0.1, 0.15) is 44.7 Å². The minimum absolute atomic E-state index is 0.736. The van der Waals surface area contributed by atoms with E-state index in [1.807, 2.05) is 0 Å². The summed E-state index contributed by atoms with van der Waals surface area (Å²) < 4.78 is 15.6. The van der Waals surface area contributed by atoms with E-state index in [2.05, 4.69) is 35.8 Å². The summed E-state index contributed by atoms with van der Waals surface area (Å²) in [6.45, 7) is 5.18. The zero-order chi connectivity index (χ0) is 14.4. The number of hydrogen-bond acceptors (Lipinski definition) is 4. The molecule has 4 nitrogen and oxygen atoms in total. The van der Waals surface area contributed by atoms with E-state index in [9.17, 15) is 0 Å². The smallest absolute Gasteiger partial charge is 0.253 e. The maximum atomic E-state index is 5.83. The Morgan fingerprint density at radius 3 is 2.85 bits per heavy atom. The van der Waals surface area contributed by atoms with Crippen molar-refractivity contribution in [3.63, 3.8) is 0 Å². The summed E-state index contributed by atoms with van der Waals surface area (Å²) in [7, 11) is 4.52. The van der Waals surface area contributed by atoms with Crippen molar-refractivity contribution >= 4 is 17.3 Å². The first-order valence-corrected chi connectivity index (χ1v) is 8.32. The Hall–Kier alpha value is -0.940. The van der Waals surface area contributed by atoms with Crippen molar-refractivity contribution in [2.75, 3.05) is 33.8 Å². The molecule has 20 heavy (non-hydrogen) atoms. The van der Waals surface area contributed by atoms with Crippen LogP contribution in [0.2, 0.25) is 0 Å².